The topological polar surface area (TPSA) is 52.9 Å². The Morgan fingerprint density at radius 1 is 1.35 bits per heavy atom. The van der Waals surface area contributed by atoms with Crippen molar-refractivity contribution in [3.8, 4) is 0 Å². The molecule has 2 fully saturated rings. The average Bonchev–Trinajstić information content (AvgIpc) is 2.34. The van der Waals surface area contributed by atoms with Crippen molar-refractivity contribution < 1.29 is 14.9 Å². The van der Waals surface area contributed by atoms with E-state index in [-0.39, 0.29) is 18.8 Å². The van der Waals surface area contributed by atoms with Crippen molar-refractivity contribution in [1.29, 1.82) is 0 Å². The molecule has 1 saturated carbocycles. The molecule has 0 aromatic carbocycles. The summed E-state index contributed by atoms with van der Waals surface area (Å²) in [6.45, 7) is 5.56. The molecule has 2 N–H and O–H groups in total. The first-order valence-corrected chi connectivity index (χ1v) is 6.81. The minimum atomic E-state index is -0.159. The van der Waals surface area contributed by atoms with Gasteiger partial charge in [-0.05, 0) is 31.1 Å². The third-order valence-corrected chi connectivity index (χ3v) is 4.23. The molecule has 0 radical (unpaired) electrons. The van der Waals surface area contributed by atoms with E-state index in [0.29, 0.717) is 12.5 Å². The molecule has 0 spiro atoms. The quantitative estimate of drug-likeness (QED) is 0.757. The van der Waals surface area contributed by atoms with Crippen LogP contribution in [-0.4, -0.2) is 60.2 Å². The van der Waals surface area contributed by atoms with E-state index in [1.54, 1.807) is 0 Å². The number of aliphatic hydroxyl groups excluding tert-OH is 2. The van der Waals surface area contributed by atoms with Crippen molar-refractivity contribution in [2.75, 3.05) is 32.9 Å². The second-order valence-electron chi connectivity index (χ2n) is 5.65. The SMILES string of the molecule is CC1CCC(O)C(CN2CCOCC2CO)C1. The Bertz CT molecular complexity index is 237. The molecule has 1 aliphatic heterocycles. The van der Waals surface area contributed by atoms with Gasteiger partial charge in [0.05, 0.1) is 32.0 Å². The molecule has 0 aromatic rings. The molecular formula is C13H25NO3. The van der Waals surface area contributed by atoms with Gasteiger partial charge in [-0.3, -0.25) is 4.90 Å². The van der Waals surface area contributed by atoms with Crippen LogP contribution in [0.4, 0.5) is 0 Å². The molecule has 1 heterocycles. The van der Waals surface area contributed by atoms with Crippen LogP contribution in [0, 0.1) is 11.8 Å². The predicted molar refractivity (Wildman–Crippen MR) is 65.8 cm³/mol. The lowest BCUT2D eigenvalue weighted by atomic mass is 9.80. The second kappa shape index (κ2) is 6.14. The average molecular weight is 243 g/mol. The minimum Gasteiger partial charge on any atom is -0.395 e. The van der Waals surface area contributed by atoms with Crippen LogP contribution in [0.3, 0.4) is 0 Å². The highest BCUT2D eigenvalue weighted by Gasteiger charge is 2.31. The summed E-state index contributed by atoms with van der Waals surface area (Å²) in [6, 6.07) is 0.119. The van der Waals surface area contributed by atoms with Gasteiger partial charge in [0.1, 0.15) is 0 Å². The molecule has 2 aliphatic rings. The first-order chi connectivity index (χ1) is 8.20. The Morgan fingerprint density at radius 2 is 2.18 bits per heavy atom. The first kappa shape index (κ1) is 13.3. The van der Waals surface area contributed by atoms with Crippen LogP contribution in [0.15, 0.2) is 0 Å². The van der Waals surface area contributed by atoms with Gasteiger partial charge in [-0.1, -0.05) is 6.92 Å². The van der Waals surface area contributed by atoms with Gasteiger partial charge in [0.15, 0.2) is 0 Å². The maximum atomic E-state index is 10.1. The molecular weight excluding hydrogens is 218 g/mol. The molecule has 0 bridgehead atoms. The molecule has 1 aliphatic carbocycles. The molecule has 4 heteroatoms. The maximum Gasteiger partial charge on any atom is 0.0644 e. The highest BCUT2D eigenvalue weighted by atomic mass is 16.5. The fourth-order valence-electron chi connectivity index (χ4n) is 3.08. The Balaban J connectivity index is 1.89. The smallest absolute Gasteiger partial charge is 0.0644 e. The number of hydrogen-bond acceptors (Lipinski definition) is 4. The third kappa shape index (κ3) is 3.41. The van der Waals surface area contributed by atoms with E-state index < -0.39 is 0 Å². The zero-order valence-corrected chi connectivity index (χ0v) is 10.7. The first-order valence-electron chi connectivity index (χ1n) is 6.81. The van der Waals surface area contributed by atoms with E-state index in [1.165, 1.54) is 0 Å². The monoisotopic (exact) mass is 243 g/mol. The van der Waals surface area contributed by atoms with Crippen LogP contribution >= 0.6 is 0 Å². The highest BCUT2D eigenvalue weighted by molar-refractivity contribution is 4.84. The van der Waals surface area contributed by atoms with E-state index >= 15 is 0 Å². The van der Waals surface area contributed by atoms with Gasteiger partial charge in [-0.15, -0.1) is 0 Å². The summed E-state index contributed by atoms with van der Waals surface area (Å²) in [6.07, 6.45) is 3.02. The summed E-state index contributed by atoms with van der Waals surface area (Å²) < 4.78 is 5.38. The zero-order chi connectivity index (χ0) is 12.3. The minimum absolute atomic E-state index is 0.119. The summed E-state index contributed by atoms with van der Waals surface area (Å²) in [7, 11) is 0. The molecule has 17 heavy (non-hydrogen) atoms. The van der Waals surface area contributed by atoms with Gasteiger partial charge in [-0.25, -0.2) is 0 Å². The van der Waals surface area contributed by atoms with Crippen molar-refractivity contribution in [1.82, 2.24) is 4.90 Å². The van der Waals surface area contributed by atoms with Crippen LogP contribution in [0.1, 0.15) is 26.2 Å². The Kier molecular flexibility index (Phi) is 4.79. The van der Waals surface area contributed by atoms with Crippen LogP contribution in [0.2, 0.25) is 0 Å². The summed E-state index contributed by atoms with van der Waals surface area (Å²) in [5.74, 6) is 1.09. The van der Waals surface area contributed by atoms with Crippen LogP contribution < -0.4 is 0 Å². The van der Waals surface area contributed by atoms with E-state index in [0.717, 1.165) is 44.9 Å². The number of nitrogens with zero attached hydrogens (tertiary/aromatic N) is 1. The summed E-state index contributed by atoms with van der Waals surface area (Å²) >= 11 is 0. The molecule has 0 aromatic heterocycles. The Labute approximate surface area is 104 Å². The van der Waals surface area contributed by atoms with E-state index in [2.05, 4.69) is 11.8 Å². The fraction of sp³-hybridized carbons (Fsp3) is 1.00. The molecule has 100 valence electrons. The van der Waals surface area contributed by atoms with E-state index in [1.807, 2.05) is 0 Å². The number of aliphatic hydroxyl groups is 2. The number of ether oxygens (including phenoxy) is 1. The van der Waals surface area contributed by atoms with Crippen LogP contribution in [0.5, 0.6) is 0 Å². The van der Waals surface area contributed by atoms with Gasteiger partial charge in [-0.2, -0.15) is 0 Å². The van der Waals surface area contributed by atoms with Gasteiger partial charge in [0.2, 0.25) is 0 Å². The number of morpholine rings is 1. The summed E-state index contributed by atoms with van der Waals surface area (Å²) in [5, 5.41) is 19.4. The standard InChI is InChI=1S/C13H25NO3/c1-10-2-3-13(16)11(6-10)7-14-4-5-17-9-12(14)8-15/h10-13,15-16H,2-9H2,1H3. The van der Waals surface area contributed by atoms with Gasteiger partial charge in [0, 0.05) is 13.1 Å². The zero-order valence-electron chi connectivity index (χ0n) is 10.7. The van der Waals surface area contributed by atoms with Crippen LogP contribution in [0.25, 0.3) is 0 Å². The van der Waals surface area contributed by atoms with Gasteiger partial charge < -0.3 is 14.9 Å². The van der Waals surface area contributed by atoms with Crippen molar-refractivity contribution >= 4 is 0 Å². The third-order valence-electron chi connectivity index (χ3n) is 4.23. The summed E-state index contributed by atoms with van der Waals surface area (Å²) in [4.78, 5) is 2.29. The molecule has 4 nitrogen and oxygen atoms in total. The van der Waals surface area contributed by atoms with Crippen molar-refractivity contribution in [3.63, 3.8) is 0 Å². The van der Waals surface area contributed by atoms with Crippen molar-refractivity contribution in [2.24, 2.45) is 11.8 Å². The fourth-order valence-corrected chi connectivity index (χ4v) is 3.08. The molecule has 2 rings (SSSR count). The van der Waals surface area contributed by atoms with Crippen molar-refractivity contribution in [3.05, 3.63) is 0 Å². The molecule has 4 unspecified atom stereocenters. The lowest BCUT2D eigenvalue weighted by Gasteiger charge is -2.40. The summed E-state index contributed by atoms with van der Waals surface area (Å²) in [5.41, 5.74) is 0. The molecule has 1 saturated heterocycles. The second-order valence-corrected chi connectivity index (χ2v) is 5.65. The number of hydrogen-bond donors (Lipinski definition) is 2. The molecule has 0 amide bonds. The normalized spacial score (nSPS) is 40.4. The van der Waals surface area contributed by atoms with Gasteiger partial charge >= 0.3 is 0 Å². The Morgan fingerprint density at radius 3 is 2.94 bits per heavy atom. The lowest BCUT2D eigenvalue weighted by molar-refractivity contribution is -0.0515. The highest BCUT2D eigenvalue weighted by Crippen LogP contribution is 2.30. The predicted octanol–water partition coefficient (Wildman–Crippen LogP) is 0.477. The maximum absolute atomic E-state index is 10.1. The van der Waals surface area contributed by atoms with Crippen LogP contribution in [-0.2, 0) is 4.74 Å². The van der Waals surface area contributed by atoms with E-state index in [4.69, 9.17) is 4.74 Å². The van der Waals surface area contributed by atoms with Gasteiger partial charge in [0.25, 0.3) is 0 Å². The van der Waals surface area contributed by atoms with E-state index in [9.17, 15) is 10.2 Å². The Hall–Kier alpha value is -0.160. The number of rotatable bonds is 3. The molecule has 4 atom stereocenters. The largest absolute Gasteiger partial charge is 0.395 e. The lowest BCUT2D eigenvalue weighted by Crippen LogP contribution is -2.51. The van der Waals surface area contributed by atoms with Crippen molar-refractivity contribution in [2.45, 2.75) is 38.3 Å².